The second kappa shape index (κ2) is 9.23. The number of aldehydes is 1. The van der Waals surface area contributed by atoms with Crippen LogP contribution in [0.1, 0.15) is 59.2 Å². The van der Waals surface area contributed by atoms with Crippen LogP contribution >= 0.6 is 0 Å². The summed E-state index contributed by atoms with van der Waals surface area (Å²) in [7, 11) is 0. The van der Waals surface area contributed by atoms with Crippen LogP contribution in [0, 0.1) is 5.92 Å². The molecule has 1 fully saturated rings. The molecule has 0 aromatic heterocycles. The van der Waals surface area contributed by atoms with Gasteiger partial charge in [-0.2, -0.15) is 0 Å². The normalized spacial score (nSPS) is 17.8. The number of hydrogen-bond acceptors (Lipinski definition) is 1. The molecule has 1 saturated carbocycles. The van der Waals surface area contributed by atoms with Gasteiger partial charge in [-0.15, -0.1) is 0 Å². The van der Waals surface area contributed by atoms with E-state index in [1.807, 2.05) is 0 Å². The van der Waals surface area contributed by atoms with Gasteiger partial charge in [-0.3, -0.25) is 0 Å². The molecule has 0 amide bonds. The summed E-state index contributed by atoms with van der Waals surface area (Å²) in [5.74, 6) is 0.991. The van der Waals surface area contributed by atoms with Crippen LogP contribution in [0.25, 0.3) is 0 Å². The molecule has 72 valence electrons. The van der Waals surface area contributed by atoms with Crippen molar-refractivity contribution in [3.63, 3.8) is 0 Å². The van der Waals surface area contributed by atoms with Gasteiger partial charge in [-0.1, -0.05) is 44.9 Å². The zero-order valence-electron chi connectivity index (χ0n) is 9.93. The van der Waals surface area contributed by atoms with Gasteiger partial charge in [0.25, 0.3) is 0 Å². The van der Waals surface area contributed by atoms with Crippen LogP contribution in [-0.2, 0) is 4.79 Å². The molecule has 0 aromatic rings. The summed E-state index contributed by atoms with van der Waals surface area (Å²) in [6, 6.07) is 0. The van der Waals surface area contributed by atoms with E-state index in [4.69, 9.17) is 0 Å². The summed E-state index contributed by atoms with van der Waals surface area (Å²) in [6.07, 6.45) is 12.8. The van der Waals surface area contributed by atoms with Gasteiger partial charge < -0.3 is 6.22 Å². The average Bonchev–Trinajstić information content (AvgIpc) is 2.14. The fourth-order valence-electron chi connectivity index (χ4n) is 2.14. The summed E-state index contributed by atoms with van der Waals surface area (Å²) in [6.45, 7) is 0. The Bertz CT molecular complexity index is 124. The fourth-order valence-corrected chi connectivity index (χ4v) is 2.14. The molecule has 0 aromatic carbocycles. The van der Waals surface area contributed by atoms with Gasteiger partial charge >= 0.3 is 29.6 Å². The van der Waals surface area contributed by atoms with Crippen molar-refractivity contribution in [1.82, 2.24) is 0 Å². The van der Waals surface area contributed by atoms with E-state index in [-0.39, 0.29) is 31.0 Å². The molecule has 0 aliphatic heterocycles. The van der Waals surface area contributed by atoms with Crippen LogP contribution in [0.15, 0.2) is 0 Å². The largest absolute Gasteiger partial charge is 1.00 e. The minimum Gasteiger partial charge on any atom is -1.00 e. The molecule has 0 radical (unpaired) electrons. The van der Waals surface area contributed by atoms with E-state index < -0.39 is 0 Å². The smallest absolute Gasteiger partial charge is 1.00 e. The maximum Gasteiger partial charge on any atom is 1.00 e. The molecule has 0 atom stereocenters. The average molecular weight is 192 g/mol. The van der Waals surface area contributed by atoms with Gasteiger partial charge in [0, 0.05) is 6.42 Å². The summed E-state index contributed by atoms with van der Waals surface area (Å²) >= 11 is 0. The Morgan fingerprint density at radius 2 is 1.85 bits per heavy atom. The van der Waals surface area contributed by atoms with Gasteiger partial charge in [0.05, 0.1) is 0 Å². The second-order valence-corrected chi connectivity index (χ2v) is 3.96. The monoisotopic (exact) mass is 192 g/mol. The molecular weight excluding hydrogens is 171 g/mol. The number of unbranched alkanes of at least 4 members (excludes halogenated alkanes) is 2. The van der Waals surface area contributed by atoms with Crippen molar-refractivity contribution in [3.8, 4) is 0 Å². The molecule has 0 heterocycles. The standard InChI is InChI=1S/C11H20O.Na.H/c12-10-6-2-5-9-11-7-3-1-4-8-11;;/h10-11H,1-9H2;;/q;+1;-1. The SMILES string of the molecule is O=CCCCCC1CCCCC1.[H-].[Na+]. The first kappa shape index (κ1) is 13.7. The molecule has 0 unspecified atom stereocenters. The molecule has 0 bridgehead atoms. The molecule has 0 N–H and O–H groups in total. The van der Waals surface area contributed by atoms with E-state index >= 15 is 0 Å². The Balaban J connectivity index is 0. The molecule has 13 heavy (non-hydrogen) atoms. The molecule has 1 rings (SSSR count). The Hall–Kier alpha value is 0.670. The van der Waals surface area contributed by atoms with Gasteiger partial charge in [0.1, 0.15) is 6.29 Å². The maximum atomic E-state index is 10.1. The van der Waals surface area contributed by atoms with Crippen molar-refractivity contribution in [2.45, 2.75) is 57.8 Å². The zero-order valence-corrected chi connectivity index (χ0v) is 10.9. The van der Waals surface area contributed by atoms with Gasteiger partial charge in [-0.05, 0) is 12.3 Å². The van der Waals surface area contributed by atoms with Gasteiger partial charge in [-0.25, -0.2) is 0 Å². The van der Waals surface area contributed by atoms with Crippen molar-refractivity contribution in [2.24, 2.45) is 5.92 Å². The topological polar surface area (TPSA) is 17.1 Å². The number of carbonyl (C=O) groups excluding carboxylic acids is 1. The number of hydrogen-bond donors (Lipinski definition) is 0. The Kier molecular flexibility index (Phi) is 9.71. The first-order valence-electron chi connectivity index (χ1n) is 5.37. The van der Waals surface area contributed by atoms with E-state index in [0.717, 1.165) is 25.0 Å². The predicted octanol–water partition coefficient (Wildman–Crippen LogP) is 0.442. The summed E-state index contributed by atoms with van der Waals surface area (Å²) in [5.41, 5.74) is 0. The number of rotatable bonds is 5. The van der Waals surface area contributed by atoms with Crippen molar-refractivity contribution in [2.75, 3.05) is 0 Å². The second-order valence-electron chi connectivity index (χ2n) is 3.96. The fraction of sp³-hybridized carbons (Fsp3) is 0.909. The third kappa shape index (κ3) is 6.70. The van der Waals surface area contributed by atoms with Crippen molar-refractivity contribution in [1.29, 1.82) is 0 Å². The quantitative estimate of drug-likeness (QED) is 0.351. The van der Waals surface area contributed by atoms with Gasteiger partial charge in [0.2, 0.25) is 0 Å². The first-order chi connectivity index (χ1) is 5.93. The summed E-state index contributed by atoms with van der Waals surface area (Å²) < 4.78 is 0. The molecule has 2 heteroatoms. The molecule has 1 aliphatic carbocycles. The minimum atomic E-state index is 0. The first-order valence-corrected chi connectivity index (χ1v) is 5.37. The summed E-state index contributed by atoms with van der Waals surface area (Å²) in [5, 5.41) is 0. The predicted molar refractivity (Wildman–Crippen MR) is 52.2 cm³/mol. The van der Waals surface area contributed by atoms with E-state index in [1.54, 1.807) is 0 Å². The molecule has 0 spiro atoms. The van der Waals surface area contributed by atoms with Crippen LogP contribution in [-0.4, -0.2) is 6.29 Å². The van der Waals surface area contributed by atoms with Crippen LogP contribution < -0.4 is 29.6 Å². The maximum absolute atomic E-state index is 10.1. The summed E-state index contributed by atoms with van der Waals surface area (Å²) in [4.78, 5) is 10.1. The third-order valence-corrected chi connectivity index (χ3v) is 2.91. The van der Waals surface area contributed by atoms with Crippen LogP contribution in [0.3, 0.4) is 0 Å². The minimum absolute atomic E-state index is 0. The third-order valence-electron chi connectivity index (χ3n) is 2.91. The van der Waals surface area contributed by atoms with Crippen molar-refractivity contribution in [3.05, 3.63) is 0 Å². The molecule has 1 nitrogen and oxygen atoms in total. The number of carbonyl (C=O) groups is 1. The Morgan fingerprint density at radius 1 is 1.15 bits per heavy atom. The molecule has 1 aliphatic rings. The van der Waals surface area contributed by atoms with E-state index in [2.05, 4.69) is 0 Å². The van der Waals surface area contributed by atoms with E-state index in [9.17, 15) is 4.79 Å². The van der Waals surface area contributed by atoms with Crippen molar-refractivity contribution < 1.29 is 35.8 Å². The zero-order chi connectivity index (χ0) is 8.65. The van der Waals surface area contributed by atoms with E-state index in [1.165, 1.54) is 44.9 Å². The van der Waals surface area contributed by atoms with Crippen LogP contribution in [0.5, 0.6) is 0 Å². The van der Waals surface area contributed by atoms with Gasteiger partial charge in [0.15, 0.2) is 0 Å². The Labute approximate surface area is 105 Å². The van der Waals surface area contributed by atoms with Crippen LogP contribution in [0.2, 0.25) is 0 Å². The molecule has 0 saturated heterocycles. The molecular formula is C11H21NaO. The van der Waals surface area contributed by atoms with Crippen LogP contribution in [0.4, 0.5) is 0 Å². The Morgan fingerprint density at radius 3 is 2.46 bits per heavy atom. The van der Waals surface area contributed by atoms with E-state index in [0.29, 0.717) is 0 Å². The van der Waals surface area contributed by atoms with Crippen molar-refractivity contribution >= 4 is 6.29 Å².